The summed E-state index contributed by atoms with van der Waals surface area (Å²) in [6, 6.07) is 10.9. The first-order valence-electron chi connectivity index (χ1n) is 6.03. The van der Waals surface area contributed by atoms with E-state index in [1.54, 1.807) is 13.0 Å². The zero-order valence-electron chi connectivity index (χ0n) is 10.5. The summed E-state index contributed by atoms with van der Waals surface area (Å²) < 4.78 is 5.42. The molecule has 19 heavy (non-hydrogen) atoms. The minimum absolute atomic E-state index is 0.308. The van der Waals surface area contributed by atoms with Crippen LogP contribution in [0.15, 0.2) is 36.4 Å². The fourth-order valence-corrected chi connectivity index (χ4v) is 1.96. The zero-order chi connectivity index (χ0) is 13.8. The monoisotopic (exact) mass is 258 g/mol. The normalized spacial score (nSPS) is 12.1. The lowest BCUT2D eigenvalue weighted by molar-refractivity contribution is -0.145. The summed E-state index contributed by atoms with van der Waals surface area (Å²) in [5, 5.41) is 10.7. The summed E-state index contributed by atoms with van der Waals surface area (Å²) in [7, 11) is 0. The molecule has 4 nitrogen and oxygen atoms in total. The number of carboxylic acid groups (broad SMARTS) is 1. The van der Waals surface area contributed by atoms with E-state index in [9.17, 15) is 9.59 Å². The highest BCUT2D eigenvalue weighted by Gasteiger charge is 2.19. The molecular weight excluding hydrogens is 244 g/mol. The molecule has 2 aromatic carbocycles. The lowest BCUT2D eigenvalue weighted by Crippen LogP contribution is -2.26. The lowest BCUT2D eigenvalue weighted by atomic mass is 10.0. The van der Waals surface area contributed by atoms with Gasteiger partial charge in [0.15, 0.2) is 12.4 Å². The molecule has 0 saturated carbocycles. The number of aliphatic carboxylic acids is 1. The zero-order valence-corrected chi connectivity index (χ0v) is 10.5. The third-order valence-electron chi connectivity index (χ3n) is 2.96. The number of ether oxygens (including phenoxy) is 1. The summed E-state index contributed by atoms with van der Waals surface area (Å²) in [6.45, 7) is 1.72. The first-order chi connectivity index (χ1) is 9.17. The molecule has 1 N–H and O–H groups in total. The number of hydrogen-bond donors (Lipinski definition) is 1. The molecule has 2 aromatic rings. The Labute approximate surface area is 110 Å². The van der Waals surface area contributed by atoms with E-state index >= 15 is 0 Å². The molecule has 0 spiro atoms. The summed E-state index contributed by atoms with van der Waals surface area (Å²) in [4.78, 5) is 22.2. The standard InChI is InChI=1S/C15H14O4/c1-2-13(15(17)18)19-14-8-7-10-5-3-4-6-11(10)12(14)9-16/h3-9,13H,2H2,1H3,(H,17,18)/t13-/m1/s1. The second-order valence-corrected chi connectivity index (χ2v) is 4.17. The van der Waals surface area contributed by atoms with E-state index < -0.39 is 12.1 Å². The van der Waals surface area contributed by atoms with Crippen LogP contribution in [0.4, 0.5) is 0 Å². The van der Waals surface area contributed by atoms with Crippen molar-refractivity contribution in [3.05, 3.63) is 42.0 Å². The summed E-state index contributed by atoms with van der Waals surface area (Å²) in [5.41, 5.74) is 0.387. The molecular formula is C15H14O4. The van der Waals surface area contributed by atoms with Gasteiger partial charge >= 0.3 is 5.97 Å². The quantitative estimate of drug-likeness (QED) is 0.837. The Hall–Kier alpha value is -2.36. The first-order valence-corrected chi connectivity index (χ1v) is 6.03. The van der Waals surface area contributed by atoms with Crippen molar-refractivity contribution < 1.29 is 19.4 Å². The molecule has 0 aromatic heterocycles. The predicted octanol–water partition coefficient (Wildman–Crippen LogP) is 2.89. The summed E-state index contributed by atoms with van der Waals surface area (Å²) in [5.74, 6) is -0.726. The molecule has 98 valence electrons. The van der Waals surface area contributed by atoms with Crippen LogP contribution >= 0.6 is 0 Å². The number of carbonyl (C=O) groups excluding carboxylic acids is 1. The first kappa shape index (κ1) is 13.1. The minimum Gasteiger partial charge on any atom is -0.479 e. The van der Waals surface area contributed by atoms with Gasteiger partial charge in [0.2, 0.25) is 0 Å². The third-order valence-corrected chi connectivity index (χ3v) is 2.96. The van der Waals surface area contributed by atoms with Crippen molar-refractivity contribution >= 4 is 23.0 Å². The van der Waals surface area contributed by atoms with Gasteiger partial charge in [0, 0.05) is 0 Å². The highest BCUT2D eigenvalue weighted by molar-refractivity contribution is 6.00. The molecule has 0 saturated heterocycles. The van der Waals surface area contributed by atoms with E-state index in [-0.39, 0.29) is 0 Å². The van der Waals surface area contributed by atoms with E-state index in [2.05, 4.69) is 0 Å². The van der Waals surface area contributed by atoms with Gasteiger partial charge in [-0.2, -0.15) is 0 Å². The Morgan fingerprint density at radius 2 is 2.05 bits per heavy atom. The molecule has 0 radical (unpaired) electrons. The Morgan fingerprint density at radius 1 is 1.32 bits per heavy atom. The maximum Gasteiger partial charge on any atom is 0.344 e. The van der Waals surface area contributed by atoms with E-state index in [0.717, 1.165) is 10.8 Å². The number of benzene rings is 2. The lowest BCUT2D eigenvalue weighted by Gasteiger charge is -2.15. The van der Waals surface area contributed by atoms with Crippen LogP contribution in [0.1, 0.15) is 23.7 Å². The fraction of sp³-hybridized carbons (Fsp3) is 0.200. The highest BCUT2D eigenvalue weighted by Crippen LogP contribution is 2.27. The molecule has 0 unspecified atom stereocenters. The molecule has 1 atom stereocenters. The van der Waals surface area contributed by atoms with E-state index in [1.165, 1.54) is 0 Å². The van der Waals surface area contributed by atoms with Crippen molar-refractivity contribution in [3.8, 4) is 5.75 Å². The summed E-state index contributed by atoms with van der Waals surface area (Å²) in [6.07, 6.45) is 0.0898. The number of aldehydes is 1. The van der Waals surface area contributed by atoms with Crippen LogP contribution in [0.25, 0.3) is 10.8 Å². The largest absolute Gasteiger partial charge is 0.479 e. The Morgan fingerprint density at radius 3 is 2.68 bits per heavy atom. The predicted molar refractivity (Wildman–Crippen MR) is 71.7 cm³/mol. The van der Waals surface area contributed by atoms with Gasteiger partial charge in [-0.1, -0.05) is 37.3 Å². The van der Waals surface area contributed by atoms with Gasteiger partial charge in [-0.05, 0) is 23.3 Å². The van der Waals surface area contributed by atoms with E-state index in [0.29, 0.717) is 24.0 Å². The van der Waals surface area contributed by atoms with Crippen molar-refractivity contribution in [2.24, 2.45) is 0 Å². The van der Waals surface area contributed by atoms with Crippen LogP contribution in [0.5, 0.6) is 5.75 Å². The van der Waals surface area contributed by atoms with Crippen LogP contribution in [0.2, 0.25) is 0 Å². The molecule has 0 aliphatic heterocycles. The molecule has 4 heteroatoms. The highest BCUT2D eigenvalue weighted by atomic mass is 16.5. The second kappa shape index (κ2) is 5.52. The van der Waals surface area contributed by atoms with Gasteiger partial charge in [0.1, 0.15) is 5.75 Å². The second-order valence-electron chi connectivity index (χ2n) is 4.17. The molecule has 2 rings (SSSR count). The fourth-order valence-electron chi connectivity index (χ4n) is 1.96. The molecule has 0 bridgehead atoms. The Bertz CT molecular complexity index is 619. The van der Waals surface area contributed by atoms with E-state index in [1.807, 2.05) is 30.3 Å². The summed E-state index contributed by atoms with van der Waals surface area (Å²) >= 11 is 0. The van der Waals surface area contributed by atoms with Crippen molar-refractivity contribution in [1.82, 2.24) is 0 Å². The van der Waals surface area contributed by atoms with Crippen molar-refractivity contribution in [3.63, 3.8) is 0 Å². The van der Waals surface area contributed by atoms with Crippen LogP contribution < -0.4 is 4.74 Å². The van der Waals surface area contributed by atoms with Crippen LogP contribution in [-0.4, -0.2) is 23.5 Å². The van der Waals surface area contributed by atoms with Gasteiger partial charge in [0.05, 0.1) is 5.56 Å². The average molecular weight is 258 g/mol. The molecule has 0 heterocycles. The topological polar surface area (TPSA) is 63.6 Å². The average Bonchev–Trinajstić information content (AvgIpc) is 2.43. The van der Waals surface area contributed by atoms with Gasteiger partial charge in [-0.15, -0.1) is 0 Å². The van der Waals surface area contributed by atoms with Gasteiger partial charge in [-0.25, -0.2) is 4.79 Å². The molecule has 0 fully saturated rings. The SMILES string of the molecule is CC[C@@H](Oc1ccc2ccccc2c1C=O)C(=O)O. The minimum atomic E-state index is -1.03. The van der Waals surface area contributed by atoms with Gasteiger partial charge < -0.3 is 9.84 Å². The van der Waals surface area contributed by atoms with Crippen molar-refractivity contribution in [1.29, 1.82) is 0 Å². The number of fused-ring (bicyclic) bond motifs is 1. The number of carbonyl (C=O) groups is 2. The molecule has 0 amide bonds. The molecule has 0 aliphatic rings. The van der Waals surface area contributed by atoms with Gasteiger partial charge in [0.25, 0.3) is 0 Å². The van der Waals surface area contributed by atoms with E-state index in [4.69, 9.17) is 9.84 Å². The smallest absolute Gasteiger partial charge is 0.344 e. The molecule has 0 aliphatic carbocycles. The maximum atomic E-state index is 11.3. The third kappa shape index (κ3) is 2.57. The van der Waals surface area contributed by atoms with Crippen LogP contribution in [-0.2, 0) is 4.79 Å². The maximum absolute atomic E-state index is 11.3. The van der Waals surface area contributed by atoms with Gasteiger partial charge in [-0.3, -0.25) is 4.79 Å². The van der Waals surface area contributed by atoms with Crippen molar-refractivity contribution in [2.75, 3.05) is 0 Å². The number of hydrogen-bond acceptors (Lipinski definition) is 3. The number of rotatable bonds is 5. The van der Waals surface area contributed by atoms with Crippen LogP contribution in [0.3, 0.4) is 0 Å². The Balaban J connectivity index is 2.49. The van der Waals surface area contributed by atoms with Crippen molar-refractivity contribution in [2.45, 2.75) is 19.4 Å². The number of carboxylic acids is 1. The Kier molecular flexibility index (Phi) is 3.80. The van der Waals surface area contributed by atoms with Crippen LogP contribution in [0, 0.1) is 0 Å².